The Bertz CT molecular complexity index is 1110. The predicted molar refractivity (Wildman–Crippen MR) is 123 cm³/mol. The summed E-state index contributed by atoms with van der Waals surface area (Å²) in [4.78, 5) is 5.31. The van der Waals surface area contributed by atoms with Crippen LogP contribution in [-0.2, 0) is 18.1 Å². The maximum atomic E-state index is 9.09. The molecule has 0 atom stereocenters. The topological polar surface area (TPSA) is 54.6 Å². The van der Waals surface area contributed by atoms with Crippen molar-refractivity contribution in [2.75, 3.05) is 0 Å². The quantitative estimate of drug-likeness (QED) is 0.239. The van der Waals surface area contributed by atoms with E-state index in [9.17, 15) is 0 Å². The fourth-order valence-electron chi connectivity index (χ4n) is 2.54. The molecule has 0 N–H and O–H groups in total. The molecular weight excluding hydrogens is 511 g/mol. The fourth-order valence-corrected chi connectivity index (χ4v) is 3.99. The second-order valence-corrected chi connectivity index (χ2v) is 8.22. The van der Waals surface area contributed by atoms with Crippen LogP contribution in [-0.4, -0.2) is 6.21 Å². The van der Waals surface area contributed by atoms with E-state index in [-0.39, 0.29) is 13.2 Å². The molecule has 152 valence electrons. The van der Waals surface area contributed by atoms with Crippen molar-refractivity contribution in [1.82, 2.24) is 0 Å². The van der Waals surface area contributed by atoms with Crippen LogP contribution in [0.4, 0.5) is 0 Å². The molecule has 0 aliphatic rings. The van der Waals surface area contributed by atoms with Gasteiger partial charge >= 0.3 is 0 Å². The second kappa shape index (κ2) is 10.7. The van der Waals surface area contributed by atoms with Crippen molar-refractivity contribution in [2.45, 2.75) is 13.2 Å². The number of ether oxygens (including phenoxy) is 1. The lowest BCUT2D eigenvalue weighted by Crippen LogP contribution is -1.98. The number of hydrogen-bond donors (Lipinski definition) is 0. The average molecular weight is 525 g/mol. The molecule has 0 amide bonds. The SMILES string of the molecule is N#Cc1ccccc1CO/N=C\c1cc(Cl)c(OCc2ccc(Cl)cc2Cl)c(Br)c1. The summed E-state index contributed by atoms with van der Waals surface area (Å²) in [5.74, 6) is 0.490. The minimum absolute atomic E-state index is 0.193. The van der Waals surface area contributed by atoms with Crippen LogP contribution >= 0.6 is 50.7 Å². The third-order valence-corrected chi connectivity index (χ3v) is 5.50. The Morgan fingerprint density at radius 1 is 0.967 bits per heavy atom. The Labute approximate surface area is 197 Å². The zero-order valence-corrected chi connectivity index (χ0v) is 19.3. The first-order chi connectivity index (χ1) is 14.5. The number of oxime groups is 1. The number of hydrogen-bond acceptors (Lipinski definition) is 4. The van der Waals surface area contributed by atoms with Crippen LogP contribution in [0.3, 0.4) is 0 Å². The lowest BCUT2D eigenvalue weighted by atomic mass is 10.1. The maximum absolute atomic E-state index is 9.09. The molecule has 3 rings (SSSR count). The largest absolute Gasteiger partial charge is 0.486 e. The van der Waals surface area contributed by atoms with Crippen molar-refractivity contribution in [3.63, 3.8) is 0 Å². The Morgan fingerprint density at radius 3 is 2.50 bits per heavy atom. The van der Waals surface area contributed by atoms with Gasteiger partial charge in [-0.15, -0.1) is 0 Å². The summed E-state index contributed by atoms with van der Waals surface area (Å²) < 4.78 is 6.49. The molecule has 0 aliphatic carbocycles. The first-order valence-electron chi connectivity index (χ1n) is 8.67. The van der Waals surface area contributed by atoms with Crippen LogP contribution < -0.4 is 4.74 Å². The molecule has 0 aliphatic heterocycles. The highest BCUT2D eigenvalue weighted by Crippen LogP contribution is 2.35. The van der Waals surface area contributed by atoms with E-state index in [2.05, 4.69) is 27.2 Å². The Balaban J connectivity index is 1.64. The minimum Gasteiger partial charge on any atom is -0.486 e. The minimum atomic E-state index is 0.193. The van der Waals surface area contributed by atoms with E-state index in [1.54, 1.807) is 42.5 Å². The van der Waals surface area contributed by atoms with Gasteiger partial charge in [-0.3, -0.25) is 0 Å². The molecule has 0 fully saturated rings. The predicted octanol–water partition coefficient (Wildman–Crippen LogP) is 7.41. The van der Waals surface area contributed by atoms with Gasteiger partial charge in [0.25, 0.3) is 0 Å². The first kappa shape index (κ1) is 22.5. The first-order valence-corrected chi connectivity index (χ1v) is 10.6. The van der Waals surface area contributed by atoms with Crippen LogP contribution in [0.5, 0.6) is 5.75 Å². The molecule has 3 aromatic rings. The Kier molecular flexibility index (Phi) is 8.01. The highest BCUT2D eigenvalue weighted by atomic mass is 79.9. The van der Waals surface area contributed by atoms with Crippen molar-refractivity contribution in [3.05, 3.63) is 96.4 Å². The summed E-state index contributed by atoms with van der Waals surface area (Å²) in [7, 11) is 0. The molecule has 0 bridgehead atoms. The lowest BCUT2D eigenvalue weighted by molar-refractivity contribution is 0.132. The van der Waals surface area contributed by atoms with Gasteiger partial charge in [-0.25, -0.2) is 0 Å². The van der Waals surface area contributed by atoms with Crippen LogP contribution in [0, 0.1) is 11.3 Å². The summed E-state index contributed by atoms with van der Waals surface area (Å²) in [6, 6.07) is 18.0. The van der Waals surface area contributed by atoms with E-state index in [0.717, 1.165) is 16.7 Å². The number of rotatable bonds is 7. The maximum Gasteiger partial charge on any atom is 0.152 e. The number of halogens is 4. The normalized spacial score (nSPS) is 10.8. The molecule has 3 aromatic carbocycles. The van der Waals surface area contributed by atoms with Gasteiger partial charge in [-0.1, -0.05) is 64.2 Å². The zero-order valence-electron chi connectivity index (χ0n) is 15.4. The molecular formula is C22H14BrCl3N2O2. The van der Waals surface area contributed by atoms with Gasteiger partial charge < -0.3 is 9.57 Å². The van der Waals surface area contributed by atoms with Gasteiger partial charge in [0.1, 0.15) is 13.2 Å². The fraction of sp³-hybridized carbons (Fsp3) is 0.0909. The molecule has 4 nitrogen and oxygen atoms in total. The van der Waals surface area contributed by atoms with E-state index in [0.29, 0.717) is 30.9 Å². The summed E-state index contributed by atoms with van der Waals surface area (Å²) >= 11 is 21.9. The van der Waals surface area contributed by atoms with Crippen LogP contribution in [0.15, 0.2) is 64.2 Å². The molecule has 0 unspecified atom stereocenters. The number of nitriles is 1. The van der Waals surface area contributed by atoms with Crippen molar-refractivity contribution in [1.29, 1.82) is 5.26 Å². The molecule has 0 saturated carbocycles. The van der Waals surface area contributed by atoms with Gasteiger partial charge in [0.05, 0.1) is 27.3 Å². The molecule has 0 radical (unpaired) electrons. The zero-order chi connectivity index (χ0) is 21.5. The monoisotopic (exact) mass is 522 g/mol. The highest BCUT2D eigenvalue weighted by Gasteiger charge is 2.11. The van der Waals surface area contributed by atoms with Crippen molar-refractivity contribution >= 4 is 56.9 Å². The Morgan fingerprint density at radius 2 is 1.77 bits per heavy atom. The molecule has 0 aromatic heterocycles. The number of nitrogens with zero attached hydrogens (tertiary/aromatic N) is 2. The van der Waals surface area contributed by atoms with E-state index in [4.69, 9.17) is 49.6 Å². The summed E-state index contributed by atoms with van der Waals surface area (Å²) in [5.41, 5.74) is 2.83. The summed E-state index contributed by atoms with van der Waals surface area (Å²) in [6.45, 7) is 0.432. The third kappa shape index (κ3) is 5.90. The standard InChI is InChI=1S/C22H14BrCl3N2O2/c23-19-7-14(11-28-30-13-16-4-2-1-3-15(16)10-27)8-21(26)22(19)29-12-17-5-6-18(24)9-20(17)25/h1-9,11H,12-13H2/b28-11-. The van der Waals surface area contributed by atoms with E-state index < -0.39 is 0 Å². The lowest BCUT2D eigenvalue weighted by Gasteiger charge is -2.12. The van der Waals surface area contributed by atoms with Crippen molar-refractivity contribution in [3.8, 4) is 11.8 Å². The van der Waals surface area contributed by atoms with E-state index in [1.807, 2.05) is 12.1 Å². The molecule has 8 heteroatoms. The smallest absolute Gasteiger partial charge is 0.152 e. The average Bonchev–Trinajstić information content (AvgIpc) is 2.72. The second-order valence-electron chi connectivity index (χ2n) is 6.11. The van der Waals surface area contributed by atoms with Gasteiger partial charge in [0.15, 0.2) is 5.75 Å². The van der Waals surface area contributed by atoms with Crippen molar-refractivity contribution in [2.24, 2.45) is 5.16 Å². The summed E-state index contributed by atoms with van der Waals surface area (Å²) in [5, 5.41) is 14.5. The van der Waals surface area contributed by atoms with Crippen LogP contribution in [0.2, 0.25) is 15.1 Å². The van der Waals surface area contributed by atoms with E-state index in [1.165, 1.54) is 6.21 Å². The molecule has 0 saturated heterocycles. The van der Waals surface area contributed by atoms with Gasteiger partial charge in [-0.05, 0) is 51.8 Å². The third-order valence-electron chi connectivity index (χ3n) is 4.04. The van der Waals surface area contributed by atoms with Gasteiger partial charge in [0, 0.05) is 21.2 Å². The van der Waals surface area contributed by atoms with Gasteiger partial charge in [-0.2, -0.15) is 5.26 Å². The van der Waals surface area contributed by atoms with Crippen molar-refractivity contribution < 1.29 is 9.57 Å². The summed E-state index contributed by atoms with van der Waals surface area (Å²) in [6.07, 6.45) is 1.53. The van der Waals surface area contributed by atoms with E-state index >= 15 is 0 Å². The molecule has 0 heterocycles. The van der Waals surface area contributed by atoms with Crippen LogP contribution in [0.1, 0.15) is 22.3 Å². The van der Waals surface area contributed by atoms with Crippen LogP contribution in [0.25, 0.3) is 0 Å². The number of benzene rings is 3. The Hall–Kier alpha value is -2.23. The van der Waals surface area contributed by atoms with Gasteiger partial charge in [0.2, 0.25) is 0 Å². The molecule has 30 heavy (non-hydrogen) atoms. The molecule has 0 spiro atoms. The highest BCUT2D eigenvalue weighted by molar-refractivity contribution is 9.10.